The van der Waals surface area contributed by atoms with Gasteiger partial charge in [-0.3, -0.25) is 14.6 Å². The van der Waals surface area contributed by atoms with Crippen LogP contribution in [0.25, 0.3) is 21.3 Å². The minimum absolute atomic E-state index is 0.0304. The van der Waals surface area contributed by atoms with E-state index in [1.807, 2.05) is 11.4 Å². The van der Waals surface area contributed by atoms with Crippen LogP contribution in [0.4, 0.5) is 5.95 Å². The lowest BCUT2D eigenvalue weighted by molar-refractivity contribution is -0.125. The molecule has 1 amide bonds. The van der Waals surface area contributed by atoms with Crippen molar-refractivity contribution in [2.24, 2.45) is 11.8 Å². The second-order valence-corrected chi connectivity index (χ2v) is 9.70. The average molecular weight is 439 g/mol. The van der Waals surface area contributed by atoms with Crippen LogP contribution in [0.1, 0.15) is 38.7 Å². The van der Waals surface area contributed by atoms with Crippen LogP contribution in [-0.2, 0) is 4.79 Å². The highest BCUT2D eigenvalue weighted by Crippen LogP contribution is 2.32. The monoisotopic (exact) mass is 438 g/mol. The fourth-order valence-electron chi connectivity index (χ4n) is 4.06. The van der Waals surface area contributed by atoms with Gasteiger partial charge in [0.15, 0.2) is 0 Å². The van der Waals surface area contributed by atoms with Gasteiger partial charge in [-0.25, -0.2) is 4.98 Å². The topological polar surface area (TPSA) is 78.1 Å². The first-order chi connectivity index (χ1) is 14.9. The molecule has 0 radical (unpaired) electrons. The van der Waals surface area contributed by atoms with Crippen LogP contribution in [0.15, 0.2) is 34.4 Å². The van der Waals surface area contributed by atoms with Gasteiger partial charge in [0, 0.05) is 36.5 Å². The molecule has 0 bridgehead atoms. The van der Waals surface area contributed by atoms with E-state index in [-0.39, 0.29) is 17.4 Å². The number of fused-ring (bicyclic) bond motifs is 1. The number of anilines is 1. The summed E-state index contributed by atoms with van der Waals surface area (Å²) in [7, 11) is 0. The zero-order chi connectivity index (χ0) is 22.0. The maximum absolute atomic E-state index is 12.7. The van der Waals surface area contributed by atoms with Crippen LogP contribution in [0.5, 0.6) is 0 Å². The van der Waals surface area contributed by atoms with Crippen molar-refractivity contribution < 1.29 is 4.79 Å². The molecule has 0 saturated carbocycles. The van der Waals surface area contributed by atoms with Crippen molar-refractivity contribution >= 4 is 33.4 Å². The highest BCUT2D eigenvalue weighted by molar-refractivity contribution is 7.17. The van der Waals surface area contributed by atoms with Crippen molar-refractivity contribution in [1.29, 1.82) is 0 Å². The van der Waals surface area contributed by atoms with E-state index in [0.29, 0.717) is 29.7 Å². The van der Waals surface area contributed by atoms with Crippen LogP contribution in [-0.4, -0.2) is 35.5 Å². The molecular weight excluding hydrogens is 408 g/mol. The number of H-pyrrole nitrogens is 1. The normalized spacial score (nSPS) is 15.0. The van der Waals surface area contributed by atoms with Crippen molar-refractivity contribution in [3.8, 4) is 11.1 Å². The summed E-state index contributed by atoms with van der Waals surface area (Å²) in [5.41, 5.74) is 3.90. The molecule has 0 aliphatic carbocycles. The Labute approximate surface area is 186 Å². The number of benzene rings is 1. The van der Waals surface area contributed by atoms with Gasteiger partial charge in [0.2, 0.25) is 11.9 Å². The Morgan fingerprint density at radius 3 is 2.81 bits per heavy atom. The third kappa shape index (κ3) is 4.82. The molecule has 0 atom stereocenters. The number of amides is 1. The number of piperidine rings is 1. The number of carbonyl (C=O) groups excluding carboxylic acids is 1. The molecule has 0 unspecified atom stereocenters. The van der Waals surface area contributed by atoms with Gasteiger partial charge in [-0.1, -0.05) is 43.7 Å². The predicted octanol–water partition coefficient (Wildman–Crippen LogP) is 4.34. The minimum Gasteiger partial charge on any atom is -0.356 e. The summed E-state index contributed by atoms with van der Waals surface area (Å²) in [6, 6.07) is 8.26. The number of aromatic amines is 1. The van der Waals surface area contributed by atoms with Crippen molar-refractivity contribution in [3.63, 3.8) is 0 Å². The summed E-state index contributed by atoms with van der Waals surface area (Å²) in [5.74, 6) is 1.37. The van der Waals surface area contributed by atoms with Crippen LogP contribution in [0.2, 0.25) is 0 Å². The van der Waals surface area contributed by atoms with Gasteiger partial charge in [-0.15, -0.1) is 11.3 Å². The Kier molecular flexibility index (Phi) is 6.41. The Morgan fingerprint density at radius 2 is 2.10 bits per heavy atom. The fraction of sp³-hybridized carbons (Fsp3) is 0.458. The first kappa shape index (κ1) is 21.6. The lowest BCUT2D eigenvalue weighted by Gasteiger charge is -2.31. The lowest BCUT2D eigenvalue weighted by Crippen LogP contribution is -2.41. The maximum Gasteiger partial charge on any atom is 0.270 e. The summed E-state index contributed by atoms with van der Waals surface area (Å²) in [6.07, 6.45) is 2.53. The van der Waals surface area contributed by atoms with Gasteiger partial charge in [0.05, 0.1) is 5.52 Å². The number of hydrogen-bond acceptors (Lipinski definition) is 5. The zero-order valence-corrected chi connectivity index (χ0v) is 19.2. The van der Waals surface area contributed by atoms with Gasteiger partial charge < -0.3 is 10.2 Å². The van der Waals surface area contributed by atoms with Crippen molar-refractivity contribution in [2.45, 2.75) is 40.0 Å². The van der Waals surface area contributed by atoms with Crippen molar-refractivity contribution in [2.75, 3.05) is 24.5 Å². The number of carbonyl (C=O) groups is 1. The van der Waals surface area contributed by atoms with E-state index in [9.17, 15) is 9.59 Å². The summed E-state index contributed by atoms with van der Waals surface area (Å²) in [5, 5.41) is 5.08. The van der Waals surface area contributed by atoms with E-state index >= 15 is 0 Å². The first-order valence-electron chi connectivity index (χ1n) is 11.0. The van der Waals surface area contributed by atoms with Gasteiger partial charge >= 0.3 is 0 Å². The Morgan fingerprint density at radius 1 is 1.32 bits per heavy atom. The van der Waals surface area contributed by atoms with E-state index in [4.69, 9.17) is 4.98 Å². The predicted molar refractivity (Wildman–Crippen MR) is 128 cm³/mol. The van der Waals surface area contributed by atoms with Crippen LogP contribution in [0.3, 0.4) is 0 Å². The van der Waals surface area contributed by atoms with Gasteiger partial charge in [-0.2, -0.15) is 0 Å². The second-order valence-electron chi connectivity index (χ2n) is 8.82. The molecule has 1 fully saturated rings. The molecule has 6 nitrogen and oxygen atoms in total. The van der Waals surface area contributed by atoms with Gasteiger partial charge in [0.1, 0.15) is 4.70 Å². The van der Waals surface area contributed by atoms with Gasteiger partial charge in [0.25, 0.3) is 5.56 Å². The lowest BCUT2D eigenvalue weighted by atomic mass is 9.96. The molecule has 1 aliphatic rings. The van der Waals surface area contributed by atoms with Crippen molar-refractivity contribution in [1.82, 2.24) is 15.3 Å². The Balaban J connectivity index is 1.50. The van der Waals surface area contributed by atoms with Crippen LogP contribution >= 0.6 is 11.3 Å². The number of rotatable bonds is 6. The molecule has 3 heterocycles. The molecule has 1 aromatic carbocycles. The molecule has 164 valence electrons. The molecule has 2 N–H and O–H groups in total. The molecule has 3 aromatic rings. The largest absolute Gasteiger partial charge is 0.356 e. The molecule has 1 saturated heterocycles. The SMILES string of the molecule is Cc1cccc(-c2csc3c(=O)[nH]c(N4CCC(C(=O)NCCC(C)C)CC4)nc23)c1. The number of nitrogens with zero attached hydrogens (tertiary/aromatic N) is 2. The molecular formula is C24H30N4O2S. The zero-order valence-electron chi connectivity index (χ0n) is 18.4. The van der Waals surface area contributed by atoms with Gasteiger partial charge in [-0.05, 0) is 37.7 Å². The molecule has 4 rings (SSSR count). The van der Waals surface area contributed by atoms with E-state index < -0.39 is 0 Å². The third-order valence-corrected chi connectivity index (χ3v) is 6.90. The number of aryl methyl sites for hydroxylation is 1. The summed E-state index contributed by atoms with van der Waals surface area (Å²) in [4.78, 5) is 35.1. The number of thiophene rings is 1. The standard InChI is InChI=1S/C24H30N4O2S/c1-15(2)7-10-25-22(29)17-8-11-28(12-9-17)24-26-20-19(14-31-21(20)23(30)27-24)18-6-4-5-16(3)13-18/h4-6,13-15,17H,7-12H2,1-3H3,(H,25,29)(H,26,27,30). The summed E-state index contributed by atoms with van der Waals surface area (Å²) in [6.45, 7) is 8.54. The van der Waals surface area contributed by atoms with E-state index in [0.717, 1.165) is 42.5 Å². The molecule has 31 heavy (non-hydrogen) atoms. The van der Waals surface area contributed by atoms with E-state index in [1.165, 1.54) is 16.9 Å². The third-order valence-electron chi connectivity index (χ3n) is 5.93. The summed E-state index contributed by atoms with van der Waals surface area (Å²) >= 11 is 1.43. The molecule has 1 aliphatic heterocycles. The first-order valence-corrected chi connectivity index (χ1v) is 11.9. The highest BCUT2D eigenvalue weighted by Gasteiger charge is 2.26. The molecule has 2 aromatic heterocycles. The number of nitrogens with one attached hydrogen (secondary N) is 2. The highest BCUT2D eigenvalue weighted by atomic mass is 32.1. The summed E-state index contributed by atoms with van der Waals surface area (Å²) < 4.78 is 0.652. The van der Waals surface area contributed by atoms with Crippen LogP contribution in [0, 0.1) is 18.8 Å². The minimum atomic E-state index is -0.0996. The Bertz CT molecular complexity index is 1130. The number of aromatic nitrogens is 2. The number of hydrogen-bond donors (Lipinski definition) is 2. The maximum atomic E-state index is 12.7. The quantitative estimate of drug-likeness (QED) is 0.600. The fourth-order valence-corrected chi connectivity index (χ4v) is 4.97. The average Bonchev–Trinajstić information content (AvgIpc) is 3.18. The Hall–Kier alpha value is -2.67. The van der Waals surface area contributed by atoms with E-state index in [2.05, 4.69) is 54.2 Å². The van der Waals surface area contributed by atoms with Crippen LogP contribution < -0.4 is 15.8 Å². The van der Waals surface area contributed by atoms with Crippen molar-refractivity contribution in [3.05, 3.63) is 45.6 Å². The van der Waals surface area contributed by atoms with E-state index in [1.54, 1.807) is 0 Å². The smallest absolute Gasteiger partial charge is 0.270 e. The second kappa shape index (κ2) is 9.22. The molecule has 0 spiro atoms. The molecule has 7 heteroatoms.